The summed E-state index contributed by atoms with van der Waals surface area (Å²) in [5, 5.41) is 3.38. The van der Waals surface area contributed by atoms with Gasteiger partial charge in [0.25, 0.3) is 0 Å². The lowest BCUT2D eigenvalue weighted by molar-refractivity contribution is 0.588. The van der Waals surface area contributed by atoms with Gasteiger partial charge in [0.05, 0.1) is 11.4 Å². The molecular formula is C14H20N4. The first-order valence-electron chi connectivity index (χ1n) is 6.68. The van der Waals surface area contributed by atoms with Crippen molar-refractivity contribution in [3.8, 4) is 0 Å². The first-order valence-corrected chi connectivity index (χ1v) is 6.68. The number of rotatable bonds is 2. The summed E-state index contributed by atoms with van der Waals surface area (Å²) < 4.78 is 2.15. The highest BCUT2D eigenvalue weighted by molar-refractivity contribution is 5.53. The molecule has 2 aromatic heterocycles. The normalized spacial score (nSPS) is 16.7. The molecule has 96 valence electrons. The second kappa shape index (κ2) is 4.61. The van der Waals surface area contributed by atoms with Crippen LogP contribution in [0.5, 0.6) is 0 Å². The van der Waals surface area contributed by atoms with Gasteiger partial charge < -0.3 is 14.6 Å². The van der Waals surface area contributed by atoms with Crippen LogP contribution in [0.15, 0.2) is 24.5 Å². The minimum absolute atomic E-state index is 0.479. The second-order valence-corrected chi connectivity index (χ2v) is 5.21. The van der Waals surface area contributed by atoms with Gasteiger partial charge in [0.15, 0.2) is 0 Å². The Balaban J connectivity index is 1.94. The SMILES string of the molecule is CC(C)c1cn2cc(N3CCNCC3)ccc2n1. The number of hydrogen-bond acceptors (Lipinski definition) is 3. The van der Waals surface area contributed by atoms with Crippen molar-refractivity contribution < 1.29 is 0 Å². The van der Waals surface area contributed by atoms with Crippen LogP contribution in [0.4, 0.5) is 5.69 Å². The number of imidazole rings is 1. The van der Waals surface area contributed by atoms with Gasteiger partial charge in [-0.1, -0.05) is 13.8 Å². The Morgan fingerprint density at radius 2 is 1.94 bits per heavy atom. The number of nitrogens with one attached hydrogen (secondary N) is 1. The Kier molecular flexibility index (Phi) is 2.96. The van der Waals surface area contributed by atoms with E-state index in [1.54, 1.807) is 0 Å². The molecule has 1 saturated heterocycles. The van der Waals surface area contributed by atoms with Crippen LogP contribution < -0.4 is 10.2 Å². The average Bonchev–Trinajstić information content (AvgIpc) is 2.82. The molecule has 1 aliphatic rings. The molecule has 0 amide bonds. The molecule has 2 aromatic rings. The monoisotopic (exact) mass is 244 g/mol. The van der Waals surface area contributed by atoms with E-state index in [9.17, 15) is 0 Å². The van der Waals surface area contributed by atoms with Crippen molar-refractivity contribution in [3.05, 3.63) is 30.2 Å². The number of aromatic nitrogens is 2. The van der Waals surface area contributed by atoms with Crippen molar-refractivity contribution in [1.29, 1.82) is 0 Å². The maximum absolute atomic E-state index is 4.63. The molecule has 0 unspecified atom stereocenters. The molecular weight excluding hydrogens is 224 g/mol. The van der Waals surface area contributed by atoms with Gasteiger partial charge in [-0.15, -0.1) is 0 Å². The highest BCUT2D eigenvalue weighted by Crippen LogP contribution is 2.19. The summed E-state index contributed by atoms with van der Waals surface area (Å²) in [5.74, 6) is 0.479. The standard InChI is InChI=1S/C14H20N4/c1-11(2)13-10-18-9-12(3-4-14(18)16-13)17-7-5-15-6-8-17/h3-4,9-11,15H,5-8H2,1-2H3. The van der Waals surface area contributed by atoms with Crippen LogP contribution in [0.3, 0.4) is 0 Å². The Bertz CT molecular complexity index is 538. The quantitative estimate of drug-likeness (QED) is 0.875. The first kappa shape index (κ1) is 11.5. The van der Waals surface area contributed by atoms with Crippen LogP contribution in [-0.4, -0.2) is 35.6 Å². The van der Waals surface area contributed by atoms with Crippen molar-refractivity contribution in [3.63, 3.8) is 0 Å². The van der Waals surface area contributed by atoms with Gasteiger partial charge in [-0.05, 0) is 18.1 Å². The lowest BCUT2D eigenvalue weighted by Crippen LogP contribution is -2.43. The molecule has 0 radical (unpaired) electrons. The number of nitrogens with zero attached hydrogens (tertiary/aromatic N) is 3. The van der Waals surface area contributed by atoms with E-state index in [0.717, 1.165) is 37.5 Å². The lowest BCUT2D eigenvalue weighted by Gasteiger charge is -2.29. The Hall–Kier alpha value is -1.55. The fourth-order valence-corrected chi connectivity index (χ4v) is 2.39. The van der Waals surface area contributed by atoms with Gasteiger partial charge in [0.1, 0.15) is 5.65 Å². The molecule has 1 N–H and O–H groups in total. The molecule has 0 aromatic carbocycles. The summed E-state index contributed by atoms with van der Waals surface area (Å²) in [7, 11) is 0. The molecule has 18 heavy (non-hydrogen) atoms. The van der Waals surface area contributed by atoms with Gasteiger partial charge in [-0.2, -0.15) is 0 Å². The molecule has 3 rings (SSSR count). The van der Waals surface area contributed by atoms with Crippen molar-refractivity contribution in [2.75, 3.05) is 31.1 Å². The molecule has 0 bridgehead atoms. The Labute approximate surface area is 108 Å². The zero-order valence-corrected chi connectivity index (χ0v) is 11.1. The van der Waals surface area contributed by atoms with E-state index in [1.807, 2.05) is 0 Å². The van der Waals surface area contributed by atoms with Crippen molar-refractivity contribution in [2.45, 2.75) is 19.8 Å². The first-order chi connectivity index (χ1) is 8.74. The van der Waals surface area contributed by atoms with Gasteiger partial charge in [0.2, 0.25) is 0 Å². The van der Waals surface area contributed by atoms with E-state index < -0.39 is 0 Å². The van der Waals surface area contributed by atoms with Gasteiger partial charge >= 0.3 is 0 Å². The Morgan fingerprint density at radius 1 is 1.17 bits per heavy atom. The molecule has 1 fully saturated rings. The third-order valence-corrected chi connectivity index (χ3v) is 3.53. The van der Waals surface area contributed by atoms with Crippen LogP contribution >= 0.6 is 0 Å². The summed E-state index contributed by atoms with van der Waals surface area (Å²) in [5.41, 5.74) is 3.49. The van der Waals surface area contributed by atoms with E-state index in [2.05, 4.69) is 58.0 Å². The largest absolute Gasteiger partial charge is 0.368 e. The van der Waals surface area contributed by atoms with Gasteiger partial charge in [0, 0.05) is 38.6 Å². The third-order valence-electron chi connectivity index (χ3n) is 3.53. The van der Waals surface area contributed by atoms with Crippen LogP contribution in [0, 0.1) is 0 Å². The molecule has 1 aliphatic heterocycles. The van der Waals surface area contributed by atoms with Crippen molar-refractivity contribution >= 4 is 11.3 Å². The molecule has 4 heteroatoms. The molecule has 0 aliphatic carbocycles. The number of fused-ring (bicyclic) bond motifs is 1. The highest BCUT2D eigenvalue weighted by atomic mass is 15.2. The van der Waals surface area contributed by atoms with Crippen LogP contribution in [-0.2, 0) is 0 Å². The molecule has 0 atom stereocenters. The number of anilines is 1. The Morgan fingerprint density at radius 3 is 2.67 bits per heavy atom. The summed E-state index contributed by atoms with van der Waals surface area (Å²) in [4.78, 5) is 7.05. The fraction of sp³-hybridized carbons (Fsp3) is 0.500. The fourth-order valence-electron chi connectivity index (χ4n) is 2.39. The molecule has 3 heterocycles. The van der Waals surface area contributed by atoms with Crippen molar-refractivity contribution in [1.82, 2.24) is 14.7 Å². The minimum Gasteiger partial charge on any atom is -0.368 e. The number of pyridine rings is 1. The molecule has 0 spiro atoms. The summed E-state index contributed by atoms with van der Waals surface area (Å²) in [6.07, 6.45) is 4.34. The zero-order chi connectivity index (χ0) is 12.5. The number of hydrogen-bond donors (Lipinski definition) is 1. The summed E-state index contributed by atoms with van der Waals surface area (Å²) in [6, 6.07) is 4.29. The topological polar surface area (TPSA) is 32.6 Å². The molecule has 0 saturated carbocycles. The third kappa shape index (κ3) is 2.08. The highest BCUT2D eigenvalue weighted by Gasteiger charge is 2.12. The van der Waals surface area contributed by atoms with Gasteiger partial charge in [-0.3, -0.25) is 0 Å². The van der Waals surface area contributed by atoms with E-state index in [1.165, 1.54) is 5.69 Å². The van der Waals surface area contributed by atoms with Crippen LogP contribution in [0.1, 0.15) is 25.5 Å². The lowest BCUT2D eigenvalue weighted by atomic mass is 10.2. The zero-order valence-electron chi connectivity index (χ0n) is 11.1. The second-order valence-electron chi connectivity index (χ2n) is 5.21. The predicted molar refractivity (Wildman–Crippen MR) is 74.4 cm³/mol. The van der Waals surface area contributed by atoms with Gasteiger partial charge in [-0.25, -0.2) is 4.98 Å². The maximum atomic E-state index is 4.63. The summed E-state index contributed by atoms with van der Waals surface area (Å²) in [6.45, 7) is 8.66. The van der Waals surface area contributed by atoms with E-state index in [-0.39, 0.29) is 0 Å². The number of piperazine rings is 1. The minimum atomic E-state index is 0.479. The predicted octanol–water partition coefficient (Wildman–Crippen LogP) is 1.87. The van der Waals surface area contributed by atoms with E-state index >= 15 is 0 Å². The average molecular weight is 244 g/mol. The van der Waals surface area contributed by atoms with E-state index in [0.29, 0.717) is 5.92 Å². The van der Waals surface area contributed by atoms with E-state index in [4.69, 9.17) is 0 Å². The van der Waals surface area contributed by atoms with Crippen LogP contribution in [0.2, 0.25) is 0 Å². The van der Waals surface area contributed by atoms with Crippen LogP contribution in [0.25, 0.3) is 5.65 Å². The smallest absolute Gasteiger partial charge is 0.137 e. The molecule has 4 nitrogen and oxygen atoms in total. The van der Waals surface area contributed by atoms with Crippen molar-refractivity contribution in [2.24, 2.45) is 0 Å². The maximum Gasteiger partial charge on any atom is 0.137 e. The summed E-state index contributed by atoms with van der Waals surface area (Å²) >= 11 is 0.